The summed E-state index contributed by atoms with van der Waals surface area (Å²) in [5, 5.41) is 0. The second-order valence-electron chi connectivity index (χ2n) is 9.69. The van der Waals surface area contributed by atoms with Crippen molar-refractivity contribution in [3.05, 3.63) is 90.1 Å². The zero-order chi connectivity index (χ0) is 28.3. The van der Waals surface area contributed by atoms with Crippen LogP contribution in [-0.2, 0) is 19.3 Å². The van der Waals surface area contributed by atoms with E-state index in [4.69, 9.17) is 4.42 Å². The number of hydrogen-bond acceptors (Lipinski definition) is 4. The van der Waals surface area contributed by atoms with E-state index in [1.54, 1.807) is 6.26 Å². The van der Waals surface area contributed by atoms with E-state index in [1.165, 1.54) is 69.4 Å². The second kappa shape index (κ2) is 26.2. The Hall–Kier alpha value is -2.43. The summed E-state index contributed by atoms with van der Waals surface area (Å²) in [6, 6.07) is 18.4. The Morgan fingerprint density at radius 2 is 1.32 bits per heavy atom. The summed E-state index contributed by atoms with van der Waals surface area (Å²) in [4.78, 5) is 8.65. The summed E-state index contributed by atoms with van der Waals surface area (Å²) in [5.74, 6) is 1.06. The Kier molecular flexibility index (Phi) is 24.5. The molecule has 4 rings (SSSR count). The van der Waals surface area contributed by atoms with E-state index in [0.29, 0.717) is 0 Å². The van der Waals surface area contributed by atoms with Gasteiger partial charge in [-0.05, 0) is 114 Å². The fraction of sp³-hybridized carbons (Fsp3) is 0.559. The predicted octanol–water partition coefficient (Wildman–Crippen LogP) is 8.58. The minimum atomic E-state index is 0.993. The molecule has 3 aromatic rings. The summed E-state index contributed by atoms with van der Waals surface area (Å²) in [5.41, 5.74) is 2.76. The first-order valence-electron chi connectivity index (χ1n) is 14.8. The van der Waals surface area contributed by atoms with Gasteiger partial charge in [0.25, 0.3) is 0 Å². The van der Waals surface area contributed by atoms with E-state index in [9.17, 15) is 0 Å². The lowest BCUT2D eigenvalue weighted by Gasteiger charge is -2.25. The molecule has 0 amide bonds. The highest BCUT2D eigenvalue weighted by Gasteiger charge is 2.07. The van der Waals surface area contributed by atoms with Crippen LogP contribution in [0.1, 0.15) is 83.6 Å². The first-order valence-corrected chi connectivity index (χ1v) is 14.8. The SMILES string of the molecule is CCCN(C)C.CCCN1CCCCC1.CCc1ccccc1.CCc1ccco1.CCc1ccncc1. The molecule has 0 aliphatic carbocycles. The van der Waals surface area contributed by atoms with Crippen molar-refractivity contribution in [3.63, 3.8) is 0 Å². The monoisotopic (exact) mass is 523 g/mol. The molecule has 2 aromatic heterocycles. The van der Waals surface area contributed by atoms with E-state index in [1.807, 2.05) is 42.7 Å². The van der Waals surface area contributed by atoms with E-state index >= 15 is 0 Å². The number of furan rings is 1. The molecule has 0 radical (unpaired) electrons. The van der Waals surface area contributed by atoms with Gasteiger partial charge < -0.3 is 14.2 Å². The normalized spacial score (nSPS) is 12.4. The topological polar surface area (TPSA) is 32.5 Å². The fourth-order valence-electron chi connectivity index (χ4n) is 3.79. The standard InChI is InChI=1S/C8H17N.C8H10.C7H9N.C6H8O.C5H13N/c1-2-6-9-7-4-3-5-8-9;1-2-8-6-4-3-5-7-8;1-2-7-3-5-8-6-4-7;1-2-6-4-3-5-7-6;1-4-5-6(2)3/h2-8H2,1H3;3-7H,2H2,1H3;3-6H,2H2,1H3;3-5H,2H2,1H3;4-5H2,1-3H3. The van der Waals surface area contributed by atoms with Gasteiger partial charge in [0, 0.05) is 18.8 Å². The van der Waals surface area contributed by atoms with Gasteiger partial charge in [-0.3, -0.25) is 4.98 Å². The molecule has 1 fully saturated rings. The van der Waals surface area contributed by atoms with E-state index < -0.39 is 0 Å². The van der Waals surface area contributed by atoms with Crippen molar-refractivity contribution in [1.29, 1.82) is 0 Å². The first kappa shape index (κ1) is 35.6. The highest BCUT2D eigenvalue weighted by molar-refractivity contribution is 5.13. The summed E-state index contributed by atoms with van der Waals surface area (Å²) in [6.45, 7) is 16.0. The van der Waals surface area contributed by atoms with Crippen molar-refractivity contribution in [1.82, 2.24) is 14.8 Å². The average molecular weight is 524 g/mol. The Bertz CT molecular complexity index is 771. The van der Waals surface area contributed by atoms with Crippen molar-refractivity contribution >= 4 is 0 Å². The maximum atomic E-state index is 4.98. The van der Waals surface area contributed by atoms with Gasteiger partial charge in [-0.15, -0.1) is 0 Å². The molecule has 214 valence electrons. The smallest absolute Gasteiger partial charge is 0.103 e. The quantitative estimate of drug-likeness (QED) is 0.310. The summed E-state index contributed by atoms with van der Waals surface area (Å²) in [7, 11) is 4.17. The number of piperidine rings is 1. The van der Waals surface area contributed by atoms with Crippen LogP contribution in [0, 0.1) is 0 Å². The van der Waals surface area contributed by atoms with Gasteiger partial charge in [0.2, 0.25) is 0 Å². The molecule has 38 heavy (non-hydrogen) atoms. The van der Waals surface area contributed by atoms with Crippen molar-refractivity contribution < 1.29 is 4.42 Å². The van der Waals surface area contributed by atoms with Crippen molar-refractivity contribution in [2.75, 3.05) is 40.3 Å². The van der Waals surface area contributed by atoms with Gasteiger partial charge >= 0.3 is 0 Å². The molecule has 0 atom stereocenters. The molecule has 4 heteroatoms. The minimum absolute atomic E-state index is 0.993. The molecule has 0 N–H and O–H groups in total. The highest BCUT2D eigenvalue weighted by Crippen LogP contribution is 2.08. The number of hydrogen-bond donors (Lipinski definition) is 0. The highest BCUT2D eigenvalue weighted by atomic mass is 16.3. The Morgan fingerprint density at radius 1 is 0.711 bits per heavy atom. The van der Waals surface area contributed by atoms with Gasteiger partial charge in [-0.1, -0.05) is 71.4 Å². The molecule has 1 aliphatic rings. The number of aromatic nitrogens is 1. The van der Waals surface area contributed by atoms with Crippen LogP contribution in [0.15, 0.2) is 77.7 Å². The number of nitrogens with zero attached hydrogens (tertiary/aromatic N) is 3. The lowest BCUT2D eigenvalue weighted by atomic mass is 10.1. The van der Waals surface area contributed by atoms with E-state index in [2.05, 4.69) is 87.8 Å². The molecule has 0 spiro atoms. The van der Waals surface area contributed by atoms with Crippen LogP contribution in [0.2, 0.25) is 0 Å². The van der Waals surface area contributed by atoms with E-state index in [0.717, 1.165) is 25.0 Å². The zero-order valence-corrected chi connectivity index (χ0v) is 25.7. The van der Waals surface area contributed by atoms with Crippen molar-refractivity contribution in [2.45, 2.75) is 86.0 Å². The van der Waals surface area contributed by atoms with Crippen LogP contribution in [0.25, 0.3) is 0 Å². The molecule has 3 heterocycles. The largest absolute Gasteiger partial charge is 0.469 e. The summed E-state index contributed by atoms with van der Waals surface area (Å²) < 4.78 is 4.98. The van der Waals surface area contributed by atoms with Crippen LogP contribution in [0.3, 0.4) is 0 Å². The second-order valence-corrected chi connectivity index (χ2v) is 9.69. The number of aryl methyl sites for hydroxylation is 3. The van der Waals surface area contributed by atoms with Crippen LogP contribution < -0.4 is 0 Å². The molecule has 1 aliphatic heterocycles. The van der Waals surface area contributed by atoms with Crippen molar-refractivity contribution in [2.24, 2.45) is 0 Å². The van der Waals surface area contributed by atoms with Gasteiger partial charge in [0.15, 0.2) is 0 Å². The van der Waals surface area contributed by atoms with Crippen molar-refractivity contribution in [3.8, 4) is 0 Å². The molecule has 0 saturated carbocycles. The van der Waals surface area contributed by atoms with E-state index in [-0.39, 0.29) is 0 Å². The molecular formula is C34H57N3O. The number of pyridine rings is 1. The van der Waals surface area contributed by atoms with Crippen LogP contribution in [-0.4, -0.2) is 55.1 Å². The Labute approximate surface area is 235 Å². The van der Waals surface area contributed by atoms with Crippen LogP contribution >= 0.6 is 0 Å². The van der Waals surface area contributed by atoms with Gasteiger partial charge in [-0.25, -0.2) is 0 Å². The maximum absolute atomic E-state index is 4.98. The Balaban J connectivity index is 0.000000454. The van der Waals surface area contributed by atoms with Gasteiger partial charge in [0.05, 0.1) is 6.26 Å². The lowest BCUT2D eigenvalue weighted by Crippen LogP contribution is -2.30. The number of rotatable bonds is 7. The minimum Gasteiger partial charge on any atom is -0.469 e. The third kappa shape index (κ3) is 21.6. The van der Waals surface area contributed by atoms with Crippen LogP contribution in [0.4, 0.5) is 0 Å². The first-order chi connectivity index (χ1) is 18.5. The predicted molar refractivity (Wildman–Crippen MR) is 167 cm³/mol. The molecule has 1 saturated heterocycles. The van der Waals surface area contributed by atoms with Crippen LogP contribution in [0.5, 0.6) is 0 Å². The third-order valence-electron chi connectivity index (χ3n) is 6.00. The summed E-state index contributed by atoms with van der Waals surface area (Å²) in [6.07, 6.45) is 15.5. The average Bonchev–Trinajstić information content (AvgIpc) is 3.50. The molecule has 1 aromatic carbocycles. The molecular weight excluding hydrogens is 466 g/mol. The molecule has 0 unspecified atom stereocenters. The maximum Gasteiger partial charge on any atom is 0.103 e. The molecule has 4 nitrogen and oxygen atoms in total. The zero-order valence-electron chi connectivity index (χ0n) is 25.7. The van der Waals surface area contributed by atoms with Gasteiger partial charge in [0.1, 0.15) is 5.76 Å². The fourth-order valence-corrected chi connectivity index (χ4v) is 3.79. The third-order valence-corrected chi connectivity index (χ3v) is 6.00. The number of benzene rings is 1. The summed E-state index contributed by atoms with van der Waals surface area (Å²) >= 11 is 0. The number of likely N-dealkylation sites (tertiary alicyclic amines) is 1. The van der Waals surface area contributed by atoms with Gasteiger partial charge in [-0.2, -0.15) is 0 Å². The lowest BCUT2D eigenvalue weighted by molar-refractivity contribution is 0.229. The molecule has 0 bridgehead atoms. The Morgan fingerprint density at radius 3 is 1.66 bits per heavy atom.